The molecule has 0 aromatic heterocycles. The highest BCUT2D eigenvalue weighted by atomic mass is 16.6. The molecule has 0 aromatic carbocycles. The topological polar surface area (TPSA) is 63.4 Å². The van der Waals surface area contributed by atoms with E-state index in [0.29, 0.717) is 6.42 Å². The Kier molecular flexibility index (Phi) is 4.45. The van der Waals surface area contributed by atoms with Crippen LogP contribution in [0.5, 0.6) is 0 Å². The third kappa shape index (κ3) is 3.13. The summed E-state index contributed by atoms with van der Waals surface area (Å²) >= 11 is 0. The van der Waals surface area contributed by atoms with Crippen molar-refractivity contribution in [3.05, 3.63) is 22.8 Å². The molecule has 64 valence electrons. The van der Waals surface area contributed by atoms with E-state index < -0.39 is 17.1 Å². The highest BCUT2D eigenvalue weighted by Crippen LogP contribution is 2.06. The summed E-state index contributed by atoms with van der Waals surface area (Å²) in [5.41, 5.74) is 0. The van der Waals surface area contributed by atoms with Crippen molar-refractivity contribution >= 4 is 0 Å². The van der Waals surface area contributed by atoms with Gasteiger partial charge in [-0.15, -0.1) is 6.58 Å². The van der Waals surface area contributed by atoms with Gasteiger partial charge in [0.15, 0.2) is 0 Å². The third-order valence-corrected chi connectivity index (χ3v) is 1.54. The van der Waals surface area contributed by atoms with Crippen LogP contribution in [0, 0.1) is 10.1 Å². The Balaban J connectivity index is 4.08. The number of hydrogen-bond donors (Lipinski definition) is 1. The van der Waals surface area contributed by atoms with E-state index in [1.54, 1.807) is 6.92 Å². The standard InChI is InChI=1S/C7H13NO3/c1-3-5-6(8(10)11)7(9)4-2/h3,6-7,9H,1,4-5H2,2H3/t6-,7-/m0/s1. The first-order valence-electron chi connectivity index (χ1n) is 3.55. The summed E-state index contributed by atoms with van der Waals surface area (Å²) < 4.78 is 0. The van der Waals surface area contributed by atoms with Crippen molar-refractivity contribution in [1.82, 2.24) is 0 Å². The molecule has 0 rings (SSSR count). The van der Waals surface area contributed by atoms with Crippen molar-refractivity contribution in [3.8, 4) is 0 Å². The van der Waals surface area contributed by atoms with Crippen molar-refractivity contribution in [1.29, 1.82) is 0 Å². The lowest BCUT2D eigenvalue weighted by Gasteiger charge is -2.11. The minimum absolute atomic E-state index is 0.224. The Labute approximate surface area is 65.7 Å². The highest BCUT2D eigenvalue weighted by molar-refractivity contribution is 4.77. The van der Waals surface area contributed by atoms with Gasteiger partial charge in [0, 0.05) is 11.3 Å². The van der Waals surface area contributed by atoms with E-state index in [-0.39, 0.29) is 6.42 Å². The first-order valence-corrected chi connectivity index (χ1v) is 3.55. The molecule has 1 N–H and O–H groups in total. The Bertz CT molecular complexity index is 147. The van der Waals surface area contributed by atoms with Gasteiger partial charge in [-0.2, -0.15) is 0 Å². The van der Waals surface area contributed by atoms with Crippen LogP contribution in [0.25, 0.3) is 0 Å². The van der Waals surface area contributed by atoms with Gasteiger partial charge in [0.1, 0.15) is 6.10 Å². The number of aliphatic hydroxyl groups excluding tert-OH is 1. The number of hydrogen-bond acceptors (Lipinski definition) is 3. The van der Waals surface area contributed by atoms with Gasteiger partial charge in [0.05, 0.1) is 0 Å². The van der Waals surface area contributed by atoms with Crippen molar-refractivity contribution in [2.45, 2.75) is 31.9 Å². The lowest BCUT2D eigenvalue weighted by atomic mass is 10.1. The SMILES string of the molecule is C=CC[C@@H]([C@@H](O)CC)[N+](=O)[O-]. The van der Waals surface area contributed by atoms with Gasteiger partial charge in [0.25, 0.3) is 0 Å². The normalized spacial score (nSPS) is 15.5. The molecule has 0 bridgehead atoms. The monoisotopic (exact) mass is 159 g/mol. The molecule has 4 heteroatoms. The first-order chi connectivity index (χ1) is 5.13. The van der Waals surface area contributed by atoms with Gasteiger partial charge < -0.3 is 5.11 Å². The van der Waals surface area contributed by atoms with Crippen LogP contribution >= 0.6 is 0 Å². The Morgan fingerprint density at radius 3 is 2.64 bits per heavy atom. The second-order valence-electron chi connectivity index (χ2n) is 2.35. The molecule has 0 aliphatic carbocycles. The summed E-state index contributed by atoms with van der Waals surface area (Å²) in [5, 5.41) is 19.4. The van der Waals surface area contributed by atoms with E-state index in [1.165, 1.54) is 6.08 Å². The zero-order valence-electron chi connectivity index (χ0n) is 6.56. The molecule has 0 spiro atoms. The fraction of sp³-hybridized carbons (Fsp3) is 0.714. The molecule has 0 amide bonds. The third-order valence-electron chi connectivity index (χ3n) is 1.54. The molecule has 0 aromatic rings. The second kappa shape index (κ2) is 4.85. The average Bonchev–Trinajstić information content (AvgIpc) is 1.98. The zero-order chi connectivity index (χ0) is 8.85. The van der Waals surface area contributed by atoms with Crippen LogP contribution in [-0.4, -0.2) is 22.2 Å². The molecule has 0 aliphatic heterocycles. The molecule has 0 saturated carbocycles. The molecule has 2 atom stereocenters. The van der Waals surface area contributed by atoms with E-state index in [9.17, 15) is 10.1 Å². The highest BCUT2D eigenvalue weighted by Gasteiger charge is 2.26. The van der Waals surface area contributed by atoms with Crippen LogP contribution in [-0.2, 0) is 0 Å². The minimum Gasteiger partial charge on any atom is -0.386 e. The molecule has 0 fully saturated rings. The van der Waals surface area contributed by atoms with Gasteiger partial charge in [-0.1, -0.05) is 13.0 Å². The summed E-state index contributed by atoms with van der Waals surface area (Å²) in [6, 6.07) is -0.891. The molecular weight excluding hydrogens is 146 g/mol. The fourth-order valence-electron chi connectivity index (χ4n) is 0.826. The number of aliphatic hydroxyl groups is 1. The summed E-state index contributed by atoms with van der Waals surface area (Å²) in [5.74, 6) is 0. The zero-order valence-corrected chi connectivity index (χ0v) is 6.56. The Morgan fingerprint density at radius 2 is 2.36 bits per heavy atom. The van der Waals surface area contributed by atoms with E-state index >= 15 is 0 Å². The Morgan fingerprint density at radius 1 is 1.82 bits per heavy atom. The predicted octanol–water partition coefficient (Wildman–Crippen LogP) is 0.979. The summed E-state index contributed by atoms with van der Waals surface area (Å²) in [7, 11) is 0. The van der Waals surface area contributed by atoms with Gasteiger partial charge in [-0.05, 0) is 6.42 Å². The smallest absolute Gasteiger partial charge is 0.241 e. The predicted molar refractivity (Wildman–Crippen MR) is 41.9 cm³/mol. The van der Waals surface area contributed by atoms with Gasteiger partial charge in [-0.25, -0.2) is 0 Å². The van der Waals surface area contributed by atoms with Crippen molar-refractivity contribution in [2.24, 2.45) is 0 Å². The van der Waals surface area contributed by atoms with Gasteiger partial charge >= 0.3 is 0 Å². The van der Waals surface area contributed by atoms with Crippen molar-refractivity contribution in [3.63, 3.8) is 0 Å². The number of nitrogens with zero attached hydrogens (tertiary/aromatic N) is 1. The Hall–Kier alpha value is -0.900. The van der Waals surface area contributed by atoms with Crippen molar-refractivity contribution < 1.29 is 10.0 Å². The maximum Gasteiger partial charge on any atom is 0.241 e. The lowest BCUT2D eigenvalue weighted by Crippen LogP contribution is -2.32. The number of nitro groups is 1. The summed E-state index contributed by atoms with van der Waals surface area (Å²) in [4.78, 5) is 9.83. The maximum atomic E-state index is 10.3. The fourth-order valence-corrected chi connectivity index (χ4v) is 0.826. The number of rotatable bonds is 5. The van der Waals surface area contributed by atoms with E-state index in [4.69, 9.17) is 5.11 Å². The molecule has 0 heterocycles. The maximum absolute atomic E-state index is 10.3. The quantitative estimate of drug-likeness (QED) is 0.369. The molecule has 0 unspecified atom stereocenters. The van der Waals surface area contributed by atoms with E-state index in [0.717, 1.165) is 0 Å². The van der Waals surface area contributed by atoms with E-state index in [1.807, 2.05) is 0 Å². The van der Waals surface area contributed by atoms with Crippen LogP contribution in [0.2, 0.25) is 0 Å². The summed E-state index contributed by atoms with van der Waals surface area (Å²) in [6.07, 6.45) is 1.22. The average molecular weight is 159 g/mol. The van der Waals surface area contributed by atoms with Crippen LogP contribution in [0.15, 0.2) is 12.7 Å². The van der Waals surface area contributed by atoms with Crippen LogP contribution in [0.4, 0.5) is 0 Å². The van der Waals surface area contributed by atoms with Crippen LogP contribution in [0.3, 0.4) is 0 Å². The van der Waals surface area contributed by atoms with E-state index in [2.05, 4.69) is 6.58 Å². The van der Waals surface area contributed by atoms with Crippen LogP contribution in [0.1, 0.15) is 19.8 Å². The first kappa shape index (κ1) is 10.1. The molecule has 11 heavy (non-hydrogen) atoms. The largest absolute Gasteiger partial charge is 0.386 e. The summed E-state index contributed by atoms with van der Waals surface area (Å²) in [6.45, 7) is 5.10. The van der Waals surface area contributed by atoms with Gasteiger partial charge in [-0.3, -0.25) is 10.1 Å². The second-order valence-corrected chi connectivity index (χ2v) is 2.35. The molecule has 0 radical (unpaired) electrons. The van der Waals surface area contributed by atoms with Crippen LogP contribution < -0.4 is 0 Å². The minimum atomic E-state index is -0.891. The van der Waals surface area contributed by atoms with Gasteiger partial charge in [0.2, 0.25) is 6.04 Å². The molecular formula is C7H13NO3. The van der Waals surface area contributed by atoms with Crippen molar-refractivity contribution in [2.75, 3.05) is 0 Å². The lowest BCUT2D eigenvalue weighted by molar-refractivity contribution is -0.533. The molecule has 4 nitrogen and oxygen atoms in total. The molecule has 0 saturated heterocycles. The molecule has 0 aliphatic rings.